The summed E-state index contributed by atoms with van der Waals surface area (Å²) in [6, 6.07) is 30.3. The van der Waals surface area contributed by atoms with Gasteiger partial charge >= 0.3 is 0 Å². The average Bonchev–Trinajstić information content (AvgIpc) is 2.76. The fraction of sp³-hybridized carbons (Fsp3) is 0.231. The topological polar surface area (TPSA) is 61.7 Å². The number of rotatable bonds is 6. The van der Waals surface area contributed by atoms with Crippen LogP contribution in [0.2, 0.25) is 0 Å². The van der Waals surface area contributed by atoms with E-state index in [4.69, 9.17) is 0 Å². The molecule has 4 N–H and O–H groups in total. The predicted octanol–water partition coefficient (Wildman–Crippen LogP) is 3.03. The Bertz CT molecular complexity index is 920. The first-order valence-corrected chi connectivity index (χ1v) is 10.3. The lowest BCUT2D eigenvalue weighted by atomic mass is 10.0. The lowest BCUT2D eigenvalue weighted by molar-refractivity contribution is -0.626. The molecule has 4 rings (SSSR count). The third kappa shape index (κ3) is 6.13. The van der Waals surface area contributed by atoms with Gasteiger partial charge in [0.15, 0.2) is 0 Å². The van der Waals surface area contributed by atoms with E-state index < -0.39 is 0 Å². The van der Waals surface area contributed by atoms with Gasteiger partial charge in [-0.25, -0.2) is 0 Å². The highest BCUT2D eigenvalue weighted by Crippen LogP contribution is 2.19. The second kappa shape index (κ2) is 12.0. The second-order valence-corrected chi connectivity index (χ2v) is 7.17. The van der Waals surface area contributed by atoms with E-state index in [-0.39, 0.29) is 5.48 Å². The molecule has 0 bridgehead atoms. The van der Waals surface area contributed by atoms with Gasteiger partial charge in [-0.05, 0) is 32.7 Å². The van der Waals surface area contributed by atoms with E-state index in [9.17, 15) is 0 Å². The Labute approximate surface area is 174 Å². The van der Waals surface area contributed by atoms with Gasteiger partial charge in [0, 0.05) is 12.8 Å². The van der Waals surface area contributed by atoms with Crippen molar-refractivity contribution in [2.24, 2.45) is 0 Å². The SMILES string of the molecule is C[NH2+]CCc1cccc2ccccc12.C[NH2+]CCc1cccc2ccccc12.[O-2]. The third-order valence-electron chi connectivity index (χ3n) is 5.16. The quantitative estimate of drug-likeness (QED) is 0.510. The van der Waals surface area contributed by atoms with Gasteiger partial charge in [-0.2, -0.15) is 0 Å². The minimum Gasteiger partial charge on any atom is -2.00 e. The van der Waals surface area contributed by atoms with E-state index in [1.54, 1.807) is 0 Å². The molecule has 0 heterocycles. The summed E-state index contributed by atoms with van der Waals surface area (Å²) in [5.74, 6) is 0. The maximum atomic E-state index is 2.23. The summed E-state index contributed by atoms with van der Waals surface area (Å²) < 4.78 is 0. The van der Waals surface area contributed by atoms with Gasteiger partial charge in [-0.1, -0.05) is 84.9 Å². The summed E-state index contributed by atoms with van der Waals surface area (Å²) in [4.78, 5) is 0. The lowest BCUT2D eigenvalue weighted by Crippen LogP contribution is -2.80. The Hall–Kier alpha value is -2.72. The summed E-state index contributed by atoms with van der Waals surface area (Å²) in [6.45, 7) is 2.32. The van der Waals surface area contributed by atoms with Crippen LogP contribution in [0.3, 0.4) is 0 Å². The fourth-order valence-electron chi connectivity index (χ4n) is 3.62. The third-order valence-corrected chi connectivity index (χ3v) is 5.16. The highest BCUT2D eigenvalue weighted by Gasteiger charge is 2.00. The van der Waals surface area contributed by atoms with E-state index in [0.717, 1.165) is 25.9 Å². The van der Waals surface area contributed by atoms with Gasteiger partial charge in [-0.3, -0.25) is 0 Å². The van der Waals surface area contributed by atoms with Gasteiger partial charge in [-0.15, -0.1) is 0 Å². The predicted molar refractivity (Wildman–Crippen MR) is 121 cm³/mol. The number of benzene rings is 4. The first-order valence-electron chi connectivity index (χ1n) is 10.3. The van der Waals surface area contributed by atoms with Crippen molar-refractivity contribution < 1.29 is 16.1 Å². The van der Waals surface area contributed by atoms with Gasteiger partial charge < -0.3 is 16.1 Å². The number of fused-ring (bicyclic) bond motifs is 2. The second-order valence-electron chi connectivity index (χ2n) is 7.17. The molecule has 0 atom stereocenters. The summed E-state index contributed by atoms with van der Waals surface area (Å²) in [7, 11) is 4.23. The van der Waals surface area contributed by atoms with Crippen LogP contribution in [0, 0.1) is 0 Å². The maximum absolute atomic E-state index is 2.23. The fourth-order valence-corrected chi connectivity index (χ4v) is 3.62. The smallest absolute Gasteiger partial charge is 0.0794 e. The lowest BCUT2D eigenvalue weighted by Gasteiger charge is -2.04. The zero-order valence-corrected chi connectivity index (χ0v) is 17.5. The zero-order chi connectivity index (χ0) is 19.6. The number of hydrogen-bond donors (Lipinski definition) is 2. The Balaban J connectivity index is 0.000000200. The summed E-state index contributed by atoms with van der Waals surface area (Å²) in [5.41, 5.74) is 2.92. The van der Waals surface area contributed by atoms with Crippen molar-refractivity contribution in [3.8, 4) is 0 Å². The molecule has 0 spiro atoms. The molecule has 0 amide bonds. The number of hydrogen-bond acceptors (Lipinski definition) is 0. The summed E-state index contributed by atoms with van der Waals surface area (Å²) in [6.07, 6.45) is 2.30. The van der Waals surface area contributed by atoms with Crippen molar-refractivity contribution >= 4 is 21.5 Å². The largest absolute Gasteiger partial charge is 2.00 e. The molecular weight excluding hydrogens is 356 g/mol. The van der Waals surface area contributed by atoms with Crippen molar-refractivity contribution in [1.29, 1.82) is 0 Å². The van der Waals surface area contributed by atoms with Crippen LogP contribution < -0.4 is 10.6 Å². The molecule has 0 radical (unpaired) electrons. The van der Waals surface area contributed by atoms with Crippen molar-refractivity contribution in [3.05, 3.63) is 96.1 Å². The molecule has 0 saturated carbocycles. The molecule has 4 aromatic rings. The molecule has 3 nitrogen and oxygen atoms in total. The van der Waals surface area contributed by atoms with Crippen molar-refractivity contribution in [2.45, 2.75) is 12.8 Å². The van der Waals surface area contributed by atoms with Crippen molar-refractivity contribution in [1.82, 2.24) is 0 Å². The Morgan fingerprint density at radius 1 is 0.517 bits per heavy atom. The van der Waals surface area contributed by atoms with E-state index in [2.05, 4.69) is 110 Å². The summed E-state index contributed by atoms with van der Waals surface area (Å²) in [5, 5.41) is 9.94. The number of likely N-dealkylation sites (N-methyl/N-ethyl adjacent to an activating group) is 2. The van der Waals surface area contributed by atoms with Crippen LogP contribution in [0.25, 0.3) is 21.5 Å². The van der Waals surface area contributed by atoms with Gasteiger partial charge in [0.1, 0.15) is 0 Å². The minimum atomic E-state index is 0. The van der Waals surface area contributed by atoms with Crippen LogP contribution in [0.5, 0.6) is 0 Å². The molecular formula is C26H32N2O. The number of nitrogens with two attached hydrogens (primary N) is 2. The van der Waals surface area contributed by atoms with Crippen LogP contribution in [0.1, 0.15) is 11.1 Å². The molecule has 0 aliphatic rings. The first kappa shape index (κ1) is 22.6. The standard InChI is InChI=1S/2C13H15N.O/c2*1-14-10-9-12-7-4-6-11-5-2-3-8-13(11)12;/h2*2-8,14H,9-10H2,1H3;/q;;-2/p+2. The van der Waals surface area contributed by atoms with E-state index >= 15 is 0 Å². The highest BCUT2D eigenvalue weighted by atomic mass is 16.0. The van der Waals surface area contributed by atoms with Gasteiger partial charge in [0.25, 0.3) is 0 Å². The molecule has 0 aromatic heterocycles. The molecule has 0 aliphatic heterocycles. The normalized spacial score (nSPS) is 10.3. The van der Waals surface area contributed by atoms with Crippen LogP contribution in [-0.2, 0) is 18.3 Å². The monoisotopic (exact) mass is 388 g/mol. The molecule has 0 unspecified atom stereocenters. The van der Waals surface area contributed by atoms with Crippen LogP contribution in [0.4, 0.5) is 0 Å². The van der Waals surface area contributed by atoms with E-state index in [1.807, 2.05) is 0 Å². The van der Waals surface area contributed by atoms with Crippen LogP contribution in [-0.4, -0.2) is 27.2 Å². The van der Waals surface area contributed by atoms with Gasteiger partial charge in [0.2, 0.25) is 0 Å². The van der Waals surface area contributed by atoms with Crippen molar-refractivity contribution in [3.63, 3.8) is 0 Å². The highest BCUT2D eigenvalue weighted by molar-refractivity contribution is 5.86. The molecule has 3 heteroatoms. The average molecular weight is 389 g/mol. The maximum Gasteiger partial charge on any atom is 0.0794 e. The molecule has 0 aliphatic carbocycles. The molecule has 152 valence electrons. The first-order chi connectivity index (χ1) is 13.8. The van der Waals surface area contributed by atoms with Crippen molar-refractivity contribution in [2.75, 3.05) is 27.2 Å². The summed E-state index contributed by atoms with van der Waals surface area (Å²) >= 11 is 0. The van der Waals surface area contributed by atoms with E-state index in [1.165, 1.54) is 32.7 Å². The Morgan fingerprint density at radius 2 is 0.897 bits per heavy atom. The Kier molecular flexibility index (Phi) is 9.32. The minimum absolute atomic E-state index is 0. The molecule has 29 heavy (non-hydrogen) atoms. The number of quaternary nitrogens is 2. The Morgan fingerprint density at radius 3 is 1.31 bits per heavy atom. The van der Waals surface area contributed by atoms with Crippen LogP contribution >= 0.6 is 0 Å². The van der Waals surface area contributed by atoms with E-state index in [0.29, 0.717) is 0 Å². The molecule has 0 saturated heterocycles. The van der Waals surface area contributed by atoms with Gasteiger partial charge in [0.05, 0.1) is 27.2 Å². The molecule has 0 fully saturated rings. The van der Waals surface area contributed by atoms with Crippen LogP contribution in [0.15, 0.2) is 84.9 Å². The molecule has 4 aromatic carbocycles. The zero-order valence-electron chi connectivity index (χ0n) is 17.5.